The second kappa shape index (κ2) is 7.27. The number of alkyl halides is 1. The molecule has 4 aliphatic rings. The van der Waals surface area contributed by atoms with E-state index in [4.69, 9.17) is 0 Å². The monoisotopic (exact) mass is 451 g/mol. The molecule has 4 aliphatic carbocycles. The highest BCUT2D eigenvalue weighted by Crippen LogP contribution is 2.65. The summed E-state index contributed by atoms with van der Waals surface area (Å²) in [5.74, 6) is 1.91. The van der Waals surface area contributed by atoms with E-state index < -0.39 is 0 Å². The molecule has 4 bridgehead atoms. The van der Waals surface area contributed by atoms with E-state index in [2.05, 4.69) is 71.4 Å². The smallest absolute Gasteiger partial charge is 0.227 e. The van der Waals surface area contributed by atoms with Gasteiger partial charge in [0, 0.05) is 16.4 Å². The van der Waals surface area contributed by atoms with Crippen molar-refractivity contribution in [3.63, 3.8) is 0 Å². The van der Waals surface area contributed by atoms with Gasteiger partial charge in [-0.3, -0.25) is 4.79 Å². The molecule has 2 aromatic rings. The quantitative estimate of drug-likeness (QED) is 0.465. The molecule has 4 fully saturated rings. The van der Waals surface area contributed by atoms with Crippen LogP contribution in [0.1, 0.15) is 56.1 Å². The molecule has 152 valence electrons. The molecule has 1 amide bonds. The highest BCUT2D eigenvalue weighted by atomic mass is 79.9. The summed E-state index contributed by atoms with van der Waals surface area (Å²) >= 11 is 4.10. The number of nitrogens with zero attached hydrogens (tertiary/aromatic N) is 1. The first-order valence-corrected chi connectivity index (χ1v) is 11.8. The van der Waals surface area contributed by atoms with Crippen LogP contribution in [0, 0.1) is 24.2 Å². The molecule has 0 aliphatic heterocycles. The molecule has 29 heavy (non-hydrogen) atoms. The van der Waals surface area contributed by atoms with Gasteiger partial charge in [0.1, 0.15) is 0 Å². The van der Waals surface area contributed by atoms with E-state index in [1.165, 1.54) is 49.7 Å². The van der Waals surface area contributed by atoms with Crippen LogP contribution in [-0.2, 0) is 11.3 Å². The van der Waals surface area contributed by atoms with Crippen molar-refractivity contribution in [3.8, 4) is 0 Å². The highest BCUT2D eigenvalue weighted by Gasteiger charge is 2.57. The Morgan fingerprint density at radius 1 is 1.00 bits per heavy atom. The fourth-order valence-electron chi connectivity index (χ4n) is 6.77. The Bertz CT molecular complexity index is 877. The van der Waals surface area contributed by atoms with Crippen LogP contribution in [0.4, 0.5) is 5.69 Å². The van der Waals surface area contributed by atoms with Crippen molar-refractivity contribution in [2.45, 2.75) is 62.7 Å². The normalized spacial score (nSPS) is 32.3. The predicted octanol–water partition coefficient (Wildman–Crippen LogP) is 6.65. The topological polar surface area (TPSA) is 20.3 Å². The first-order valence-electron chi connectivity index (χ1n) is 11.0. The van der Waals surface area contributed by atoms with Gasteiger partial charge in [-0.25, -0.2) is 0 Å². The van der Waals surface area contributed by atoms with Gasteiger partial charge < -0.3 is 4.90 Å². The first kappa shape index (κ1) is 19.4. The predicted molar refractivity (Wildman–Crippen MR) is 122 cm³/mol. The molecule has 0 unspecified atom stereocenters. The van der Waals surface area contributed by atoms with Gasteiger partial charge in [-0.2, -0.15) is 0 Å². The zero-order chi connectivity index (χ0) is 20.1. The van der Waals surface area contributed by atoms with Gasteiger partial charge in [0.2, 0.25) is 5.91 Å². The highest BCUT2D eigenvalue weighted by molar-refractivity contribution is 9.10. The van der Waals surface area contributed by atoms with Crippen LogP contribution in [0.15, 0.2) is 54.6 Å². The lowest BCUT2D eigenvalue weighted by Gasteiger charge is -2.60. The van der Waals surface area contributed by atoms with E-state index in [1.54, 1.807) is 0 Å². The molecule has 2 atom stereocenters. The van der Waals surface area contributed by atoms with Gasteiger partial charge in [0.15, 0.2) is 0 Å². The second-order valence-corrected chi connectivity index (χ2v) is 11.8. The summed E-state index contributed by atoms with van der Waals surface area (Å²) in [5, 5.41) is 0. The SMILES string of the molecule is Cc1ccc(N(Cc2ccccc2)C(=O)CC23C[C@H]4C[C@@H](CC(Br)(C4)C2)C3)cc1. The third-order valence-corrected chi connectivity index (χ3v) is 8.40. The van der Waals surface area contributed by atoms with Crippen LogP contribution >= 0.6 is 15.9 Å². The minimum absolute atomic E-state index is 0.199. The van der Waals surface area contributed by atoms with Gasteiger partial charge in [0.05, 0.1) is 6.54 Å². The number of benzene rings is 2. The minimum Gasteiger partial charge on any atom is -0.308 e. The minimum atomic E-state index is 0.199. The zero-order valence-corrected chi connectivity index (χ0v) is 18.8. The number of amides is 1. The molecule has 2 nitrogen and oxygen atoms in total. The fourth-order valence-corrected chi connectivity index (χ4v) is 8.28. The standard InChI is InChI=1S/C26H30BrNO/c1-19-7-9-23(10-8-19)28(17-20-5-3-2-4-6-20)24(29)16-25-12-21-11-22(13-25)15-26(27,14-21)18-25/h2-10,21-22H,11-18H2,1H3/t21-,22-,25?,26?/m1/s1. The third-order valence-electron chi connectivity index (χ3n) is 7.47. The summed E-state index contributed by atoms with van der Waals surface area (Å²) in [6, 6.07) is 18.8. The van der Waals surface area contributed by atoms with Crippen molar-refractivity contribution in [1.29, 1.82) is 0 Å². The number of aryl methyl sites for hydroxylation is 1. The van der Waals surface area contributed by atoms with E-state index in [-0.39, 0.29) is 11.3 Å². The van der Waals surface area contributed by atoms with Gasteiger partial charge >= 0.3 is 0 Å². The zero-order valence-electron chi connectivity index (χ0n) is 17.2. The summed E-state index contributed by atoms with van der Waals surface area (Å²) in [6.07, 6.45) is 8.36. The second-order valence-electron chi connectivity index (χ2n) is 10.1. The van der Waals surface area contributed by atoms with Crippen LogP contribution in [0.25, 0.3) is 0 Å². The number of hydrogen-bond donors (Lipinski definition) is 0. The van der Waals surface area contributed by atoms with Gasteiger partial charge in [-0.1, -0.05) is 64.0 Å². The maximum atomic E-state index is 13.7. The Morgan fingerprint density at radius 2 is 1.66 bits per heavy atom. The fraction of sp³-hybridized carbons (Fsp3) is 0.500. The van der Waals surface area contributed by atoms with Crippen LogP contribution in [-0.4, -0.2) is 10.2 Å². The molecule has 3 heteroatoms. The maximum Gasteiger partial charge on any atom is 0.227 e. The molecule has 2 aromatic carbocycles. The molecule has 0 N–H and O–H groups in total. The lowest BCUT2D eigenvalue weighted by atomic mass is 9.48. The average molecular weight is 452 g/mol. The Kier molecular flexibility index (Phi) is 4.85. The Balaban J connectivity index is 1.41. The van der Waals surface area contributed by atoms with Gasteiger partial charge in [-0.15, -0.1) is 0 Å². The van der Waals surface area contributed by atoms with E-state index in [0.717, 1.165) is 17.5 Å². The van der Waals surface area contributed by atoms with E-state index in [9.17, 15) is 4.79 Å². The molecule has 0 radical (unpaired) electrons. The Morgan fingerprint density at radius 3 is 2.28 bits per heavy atom. The first-order chi connectivity index (χ1) is 13.9. The van der Waals surface area contributed by atoms with Crippen molar-refractivity contribution >= 4 is 27.5 Å². The van der Waals surface area contributed by atoms with Crippen molar-refractivity contribution in [1.82, 2.24) is 0 Å². The van der Waals surface area contributed by atoms with Crippen LogP contribution in [0.3, 0.4) is 0 Å². The molecule has 0 saturated heterocycles. The van der Waals surface area contributed by atoms with E-state index in [0.29, 0.717) is 17.3 Å². The molecular formula is C26H30BrNO. The molecule has 6 rings (SSSR count). The summed E-state index contributed by atoms with van der Waals surface area (Å²) < 4.78 is 0.297. The van der Waals surface area contributed by atoms with Crippen molar-refractivity contribution in [2.75, 3.05) is 4.90 Å². The average Bonchev–Trinajstić information content (AvgIpc) is 2.65. The van der Waals surface area contributed by atoms with Crippen molar-refractivity contribution in [2.24, 2.45) is 17.3 Å². The molecule has 0 spiro atoms. The Labute approximate surface area is 182 Å². The summed E-state index contributed by atoms with van der Waals surface area (Å²) in [6.45, 7) is 2.74. The number of carbonyl (C=O) groups is 1. The number of halogens is 1. The summed E-state index contributed by atoms with van der Waals surface area (Å²) in [4.78, 5) is 15.8. The maximum absolute atomic E-state index is 13.7. The number of hydrogen-bond acceptors (Lipinski definition) is 1. The number of carbonyl (C=O) groups excluding carboxylic acids is 1. The van der Waals surface area contributed by atoms with Gasteiger partial charge in [-0.05, 0) is 80.4 Å². The van der Waals surface area contributed by atoms with Crippen LogP contribution in [0.2, 0.25) is 0 Å². The van der Waals surface area contributed by atoms with Crippen LogP contribution < -0.4 is 4.90 Å². The molecule has 4 saturated carbocycles. The number of anilines is 1. The molecule has 0 aromatic heterocycles. The Hall–Kier alpha value is -1.61. The van der Waals surface area contributed by atoms with E-state index >= 15 is 0 Å². The number of rotatable bonds is 5. The molecular weight excluding hydrogens is 422 g/mol. The lowest BCUT2D eigenvalue weighted by molar-refractivity contribution is -0.125. The summed E-state index contributed by atoms with van der Waals surface area (Å²) in [5.41, 5.74) is 3.62. The van der Waals surface area contributed by atoms with Crippen molar-refractivity contribution < 1.29 is 4.79 Å². The lowest BCUT2D eigenvalue weighted by Crippen LogP contribution is -2.54. The summed E-state index contributed by atoms with van der Waals surface area (Å²) in [7, 11) is 0. The van der Waals surface area contributed by atoms with Crippen LogP contribution in [0.5, 0.6) is 0 Å². The molecule has 0 heterocycles. The third kappa shape index (κ3) is 3.91. The largest absolute Gasteiger partial charge is 0.308 e. The van der Waals surface area contributed by atoms with E-state index in [1.807, 2.05) is 11.0 Å². The van der Waals surface area contributed by atoms with Crippen molar-refractivity contribution in [3.05, 3.63) is 65.7 Å². The van der Waals surface area contributed by atoms with Gasteiger partial charge in [0.25, 0.3) is 0 Å².